The van der Waals surface area contributed by atoms with Crippen LogP contribution in [0.4, 0.5) is 0 Å². The van der Waals surface area contributed by atoms with E-state index in [4.69, 9.17) is 27.9 Å². The highest BCUT2D eigenvalue weighted by Crippen LogP contribution is 2.47. The van der Waals surface area contributed by atoms with Crippen LogP contribution in [0.15, 0.2) is 70.7 Å². The van der Waals surface area contributed by atoms with Crippen molar-refractivity contribution in [3.63, 3.8) is 0 Å². The number of nitrogens with zero attached hydrogens (tertiary/aromatic N) is 2. The number of hydrogen-bond acceptors (Lipinski definition) is 5. The molecule has 4 heterocycles. The fourth-order valence-electron chi connectivity index (χ4n) is 3.49. The third-order valence-electron chi connectivity index (χ3n) is 4.99. The van der Waals surface area contributed by atoms with Crippen molar-refractivity contribution in [1.29, 1.82) is 0 Å². The number of amides is 1. The summed E-state index contributed by atoms with van der Waals surface area (Å²) in [7, 11) is 0. The normalized spacial score (nSPS) is 22.5. The summed E-state index contributed by atoms with van der Waals surface area (Å²) in [4.78, 5) is 17.5. The molecule has 1 fully saturated rings. The molecule has 4 aliphatic heterocycles. The van der Waals surface area contributed by atoms with E-state index in [9.17, 15) is 4.79 Å². The van der Waals surface area contributed by atoms with E-state index < -0.39 is 0 Å². The molecular weight excluding hydrogens is 429 g/mol. The summed E-state index contributed by atoms with van der Waals surface area (Å²) >= 11 is 13.6. The van der Waals surface area contributed by atoms with Crippen LogP contribution in [0.3, 0.4) is 0 Å². The van der Waals surface area contributed by atoms with E-state index in [0.717, 1.165) is 16.2 Å². The maximum absolute atomic E-state index is 12.6. The van der Waals surface area contributed by atoms with Crippen LogP contribution in [0.5, 0.6) is 0 Å². The number of benzene rings is 2. The van der Waals surface area contributed by atoms with Gasteiger partial charge in [0.15, 0.2) is 6.35 Å². The second-order valence-corrected chi connectivity index (χ2v) is 8.83. The summed E-state index contributed by atoms with van der Waals surface area (Å²) in [5.41, 5.74) is 2.13. The van der Waals surface area contributed by atoms with Crippen LogP contribution in [0.1, 0.15) is 11.1 Å². The smallest absolute Gasteiger partial charge is 0.259 e. The van der Waals surface area contributed by atoms with Gasteiger partial charge in [0.25, 0.3) is 5.91 Å². The summed E-state index contributed by atoms with van der Waals surface area (Å²) in [5.74, 6) is -0.0811. The molecule has 6 rings (SSSR count). The van der Waals surface area contributed by atoms with Crippen LogP contribution in [0.2, 0.25) is 10.0 Å². The molecule has 2 bridgehead atoms. The maximum atomic E-state index is 12.6. The fraction of sp³-hybridized carbons (Fsp3) is 0.190. The summed E-state index contributed by atoms with van der Waals surface area (Å²) in [6, 6.07) is 15.5. The maximum Gasteiger partial charge on any atom is 0.259 e. The van der Waals surface area contributed by atoms with Gasteiger partial charge >= 0.3 is 0 Å². The van der Waals surface area contributed by atoms with Crippen LogP contribution in [0.25, 0.3) is 0 Å². The molecule has 0 radical (unpaired) electrons. The molecular formula is C21H17Cl2N3O2S. The first-order chi connectivity index (χ1) is 14.1. The van der Waals surface area contributed by atoms with E-state index in [0.29, 0.717) is 28.0 Å². The Morgan fingerprint density at radius 1 is 1.10 bits per heavy atom. The van der Waals surface area contributed by atoms with Crippen molar-refractivity contribution < 1.29 is 9.53 Å². The number of carbonyl (C=O) groups excluding carboxylic acids is 1. The summed E-state index contributed by atoms with van der Waals surface area (Å²) in [6.45, 7) is 1.18. The number of ether oxygens (including phenoxy) is 1. The molecule has 5 nitrogen and oxygen atoms in total. The molecule has 2 atom stereocenters. The van der Waals surface area contributed by atoms with Crippen molar-refractivity contribution in [2.24, 2.45) is 0 Å². The highest BCUT2D eigenvalue weighted by Gasteiger charge is 2.49. The fourth-order valence-corrected chi connectivity index (χ4v) is 4.80. The standard InChI is InChI=1S/C21H17Cl2N3O2S/c22-15-7-6-14(8-16(15)23)11-25-18-9-19-26(21(25)28-18)12-17(29-19)20(27)24-10-13-4-2-1-3-5-13/h1-9,12,18,21H,10-11H2,(H,24,27). The van der Waals surface area contributed by atoms with Crippen molar-refractivity contribution in [2.75, 3.05) is 0 Å². The van der Waals surface area contributed by atoms with Gasteiger partial charge in [-0.05, 0) is 29.3 Å². The average Bonchev–Trinajstić information content (AvgIpc) is 3.18. The monoisotopic (exact) mass is 445 g/mol. The van der Waals surface area contributed by atoms with E-state index >= 15 is 0 Å². The van der Waals surface area contributed by atoms with Crippen molar-refractivity contribution >= 4 is 40.9 Å². The van der Waals surface area contributed by atoms with Gasteiger partial charge in [0.05, 0.1) is 20.0 Å². The predicted octanol–water partition coefficient (Wildman–Crippen LogP) is 4.50. The first kappa shape index (κ1) is 19.0. The van der Waals surface area contributed by atoms with E-state index in [1.807, 2.05) is 59.6 Å². The van der Waals surface area contributed by atoms with Crippen molar-refractivity contribution in [3.8, 4) is 0 Å². The second-order valence-electron chi connectivity index (χ2n) is 6.95. The molecule has 0 spiro atoms. The lowest BCUT2D eigenvalue weighted by Crippen LogP contribution is -2.65. The zero-order valence-electron chi connectivity index (χ0n) is 15.2. The van der Waals surface area contributed by atoms with Crippen LogP contribution in [0, 0.1) is 0 Å². The van der Waals surface area contributed by atoms with Crippen molar-refractivity contribution in [1.82, 2.24) is 15.1 Å². The van der Waals surface area contributed by atoms with Gasteiger partial charge in [-0.1, -0.05) is 71.4 Å². The molecule has 0 aromatic heterocycles. The van der Waals surface area contributed by atoms with Crippen molar-refractivity contribution in [2.45, 2.75) is 25.7 Å². The average molecular weight is 446 g/mol. The van der Waals surface area contributed by atoms with Gasteiger partial charge < -0.3 is 15.0 Å². The predicted molar refractivity (Wildman–Crippen MR) is 115 cm³/mol. The van der Waals surface area contributed by atoms with Crippen LogP contribution in [-0.4, -0.2) is 28.3 Å². The molecule has 0 aliphatic carbocycles. The third-order valence-corrected chi connectivity index (χ3v) is 6.79. The summed E-state index contributed by atoms with van der Waals surface area (Å²) in [5, 5.41) is 5.09. The van der Waals surface area contributed by atoms with Crippen LogP contribution < -0.4 is 5.32 Å². The lowest BCUT2D eigenvalue weighted by Gasteiger charge is -2.54. The number of carbonyl (C=O) groups is 1. The molecule has 2 unspecified atom stereocenters. The van der Waals surface area contributed by atoms with Gasteiger partial charge in [0, 0.05) is 19.3 Å². The quantitative estimate of drug-likeness (QED) is 0.733. The molecule has 29 heavy (non-hydrogen) atoms. The zero-order valence-corrected chi connectivity index (χ0v) is 17.5. The van der Waals surface area contributed by atoms with E-state index in [1.165, 1.54) is 11.8 Å². The number of rotatable bonds is 5. The molecule has 1 saturated heterocycles. The Labute approximate surface area is 182 Å². The van der Waals surface area contributed by atoms with E-state index in [1.54, 1.807) is 6.07 Å². The molecule has 148 valence electrons. The Hall–Kier alpha value is -1.96. The topological polar surface area (TPSA) is 44.8 Å². The van der Waals surface area contributed by atoms with Gasteiger partial charge in [-0.15, -0.1) is 0 Å². The summed E-state index contributed by atoms with van der Waals surface area (Å²) in [6.07, 6.45) is 3.57. The third kappa shape index (κ3) is 3.67. The first-order valence-corrected chi connectivity index (χ1v) is 10.7. The molecule has 0 saturated carbocycles. The van der Waals surface area contributed by atoms with E-state index in [2.05, 4.69) is 10.2 Å². The first-order valence-electron chi connectivity index (χ1n) is 9.15. The zero-order chi connectivity index (χ0) is 20.0. The molecule has 8 heteroatoms. The van der Waals surface area contributed by atoms with Gasteiger partial charge in [-0.25, -0.2) is 4.90 Å². The minimum absolute atomic E-state index is 0.0811. The van der Waals surface area contributed by atoms with Crippen LogP contribution >= 0.6 is 35.0 Å². The molecule has 2 aromatic carbocycles. The molecule has 2 aromatic rings. The van der Waals surface area contributed by atoms with Gasteiger partial charge in [-0.3, -0.25) is 4.79 Å². The molecule has 1 N–H and O–H groups in total. The lowest BCUT2D eigenvalue weighted by atomic mass is 10.2. The minimum Gasteiger partial charge on any atom is -0.347 e. The summed E-state index contributed by atoms with van der Waals surface area (Å²) < 4.78 is 5.91. The highest BCUT2D eigenvalue weighted by atomic mass is 35.5. The minimum atomic E-state index is -0.221. The lowest BCUT2D eigenvalue weighted by molar-refractivity contribution is -0.318. The number of thioether (sulfide) groups is 1. The Morgan fingerprint density at radius 3 is 2.72 bits per heavy atom. The van der Waals surface area contributed by atoms with Crippen molar-refractivity contribution in [3.05, 3.63) is 91.9 Å². The largest absolute Gasteiger partial charge is 0.347 e. The Kier molecular flexibility index (Phi) is 5.05. The molecule has 4 aliphatic rings. The number of nitrogens with one attached hydrogen (secondary N) is 1. The van der Waals surface area contributed by atoms with Crippen LogP contribution in [-0.2, 0) is 22.6 Å². The Bertz CT molecular complexity index is 1030. The Balaban J connectivity index is 1.25. The number of halogens is 2. The SMILES string of the molecule is O=C(NCc1ccccc1)C1=CN2C(=CC3OC2N3Cc2ccc(Cl)c(Cl)c2)S1. The van der Waals surface area contributed by atoms with E-state index in [-0.39, 0.29) is 18.5 Å². The van der Waals surface area contributed by atoms with Gasteiger partial charge in [0.2, 0.25) is 0 Å². The van der Waals surface area contributed by atoms with Gasteiger partial charge in [0.1, 0.15) is 6.23 Å². The number of hydrogen-bond donors (Lipinski definition) is 1. The molecule has 1 amide bonds. The second kappa shape index (κ2) is 7.70. The Morgan fingerprint density at radius 2 is 1.93 bits per heavy atom. The highest BCUT2D eigenvalue weighted by molar-refractivity contribution is 8.07. The van der Waals surface area contributed by atoms with Gasteiger partial charge in [-0.2, -0.15) is 0 Å².